The maximum atomic E-state index is 13.0. The van der Waals surface area contributed by atoms with Gasteiger partial charge in [-0.3, -0.25) is 9.69 Å². The number of rotatable bonds is 1. The lowest BCUT2D eigenvalue weighted by Gasteiger charge is -2.73. The van der Waals surface area contributed by atoms with Crippen LogP contribution in [0.15, 0.2) is 12.2 Å². The lowest BCUT2D eigenvalue weighted by molar-refractivity contribution is -0.370. The topological polar surface area (TPSA) is 49.8 Å². The minimum Gasteiger partial charge on any atom is -0.388 e. The number of carbonyl (C=O) groups is 1. The Balaban J connectivity index is 1.52. The molecule has 9 aliphatic rings. The molecule has 11 atom stereocenters. The number of hydrogen-bond acceptors (Lipinski definition) is 4. The van der Waals surface area contributed by atoms with E-state index in [0.29, 0.717) is 42.1 Å². The lowest BCUT2D eigenvalue weighted by Crippen LogP contribution is -2.78. The summed E-state index contributed by atoms with van der Waals surface area (Å²) >= 11 is 0. The Morgan fingerprint density at radius 3 is 2.96 bits per heavy atom. The summed E-state index contributed by atoms with van der Waals surface area (Å²) in [6.07, 6.45) is 5.21. The fourth-order valence-corrected chi connectivity index (χ4v) is 10.3. The third-order valence-electron chi connectivity index (χ3n) is 10.8. The van der Waals surface area contributed by atoms with E-state index in [9.17, 15) is 9.90 Å². The molecule has 4 saturated heterocycles. The van der Waals surface area contributed by atoms with Gasteiger partial charge in [0.05, 0.1) is 12.2 Å². The van der Waals surface area contributed by atoms with Crippen LogP contribution in [-0.2, 0) is 9.53 Å². The van der Waals surface area contributed by atoms with Gasteiger partial charge >= 0.3 is 0 Å². The Morgan fingerprint density at radius 2 is 2.19 bits per heavy atom. The lowest BCUT2D eigenvalue weighted by atomic mass is 9.41. The SMILES string of the molecule is C=C1[C@@H]2C[C@@]3([C@@H]1O)[C@@H](CC2=O)[C@@]12[C@@H]4CC[C@@]5(C)[C@H](O4)N(CC)[C@@H]1[C@@H]3C[C@H]52. The van der Waals surface area contributed by atoms with Gasteiger partial charge in [0.25, 0.3) is 0 Å². The van der Waals surface area contributed by atoms with Gasteiger partial charge in [-0.25, -0.2) is 0 Å². The molecule has 4 heteroatoms. The molecule has 0 amide bonds. The molecule has 140 valence electrons. The molecule has 9 bridgehead atoms. The number of Topliss-reactive ketones (excluding diaryl/α,β-unsaturated/α-hetero) is 1. The number of carbonyl (C=O) groups excluding carboxylic acids is 1. The molecule has 0 aromatic carbocycles. The molecule has 5 aliphatic carbocycles. The van der Waals surface area contributed by atoms with Crippen LogP contribution in [0.25, 0.3) is 0 Å². The fraction of sp³-hybridized carbons (Fsp3) is 0.864. The standard InChI is InChI=1S/C22H29NO3/c1-4-23-17-12-7-14-20(3)6-5-16(26-19(20)23)22(14,17)15-8-13(24)11-9-21(12,15)18(25)10(11)2/h11-12,14-19,25H,2,4-9H2,1,3H3/t11-,12-,14+,15+,16-,17+,18+,19-,20+,21-,22-/m0/s1. The van der Waals surface area contributed by atoms with E-state index >= 15 is 0 Å². The van der Waals surface area contributed by atoms with Gasteiger partial charge in [-0.15, -0.1) is 0 Å². The highest BCUT2D eigenvalue weighted by atomic mass is 16.5. The molecule has 2 spiro atoms. The summed E-state index contributed by atoms with van der Waals surface area (Å²) < 4.78 is 6.75. The summed E-state index contributed by atoms with van der Waals surface area (Å²) in [7, 11) is 0. The summed E-state index contributed by atoms with van der Waals surface area (Å²) in [4.78, 5) is 15.7. The number of piperidine rings is 1. The van der Waals surface area contributed by atoms with Crippen molar-refractivity contribution in [2.75, 3.05) is 6.54 Å². The van der Waals surface area contributed by atoms with Crippen LogP contribution in [0.1, 0.15) is 46.0 Å². The predicted molar refractivity (Wildman–Crippen MR) is 95.0 cm³/mol. The number of ether oxygens (including phenoxy) is 1. The zero-order chi connectivity index (χ0) is 17.8. The molecule has 0 unspecified atom stereocenters. The Labute approximate surface area is 155 Å². The number of fused-ring (bicyclic) bond motifs is 2. The van der Waals surface area contributed by atoms with Gasteiger partial charge in [0.1, 0.15) is 12.0 Å². The van der Waals surface area contributed by atoms with Crippen LogP contribution < -0.4 is 0 Å². The Morgan fingerprint density at radius 1 is 1.38 bits per heavy atom. The molecule has 0 aromatic rings. The van der Waals surface area contributed by atoms with Gasteiger partial charge in [-0.05, 0) is 55.6 Å². The van der Waals surface area contributed by atoms with Crippen molar-refractivity contribution in [1.82, 2.24) is 4.90 Å². The molecule has 4 aliphatic heterocycles. The summed E-state index contributed by atoms with van der Waals surface area (Å²) in [5, 5.41) is 11.4. The van der Waals surface area contributed by atoms with E-state index in [4.69, 9.17) is 4.74 Å². The second kappa shape index (κ2) is 4.01. The van der Waals surface area contributed by atoms with Gasteiger partial charge < -0.3 is 9.84 Å². The molecule has 1 N–H and O–H groups in total. The smallest absolute Gasteiger partial charge is 0.140 e. The summed E-state index contributed by atoms with van der Waals surface area (Å²) in [6.45, 7) is 9.94. The van der Waals surface area contributed by atoms with Crippen molar-refractivity contribution in [3.63, 3.8) is 0 Å². The molecule has 26 heavy (non-hydrogen) atoms. The number of nitrogens with zero attached hydrogens (tertiary/aromatic N) is 1. The monoisotopic (exact) mass is 355 g/mol. The third kappa shape index (κ3) is 1.11. The second-order valence-electron chi connectivity index (χ2n) is 10.8. The van der Waals surface area contributed by atoms with Crippen LogP contribution in [-0.4, -0.2) is 46.8 Å². The van der Waals surface area contributed by atoms with Crippen LogP contribution in [0, 0.1) is 39.9 Å². The van der Waals surface area contributed by atoms with Crippen molar-refractivity contribution in [2.45, 2.75) is 70.4 Å². The van der Waals surface area contributed by atoms with E-state index < -0.39 is 6.10 Å². The average molecular weight is 355 g/mol. The van der Waals surface area contributed by atoms with Gasteiger partial charge in [0.15, 0.2) is 0 Å². The van der Waals surface area contributed by atoms with E-state index in [0.717, 1.165) is 25.0 Å². The van der Waals surface area contributed by atoms with Crippen molar-refractivity contribution in [1.29, 1.82) is 0 Å². The third-order valence-corrected chi connectivity index (χ3v) is 10.8. The first-order valence-electron chi connectivity index (χ1n) is 10.7. The second-order valence-corrected chi connectivity index (χ2v) is 10.8. The van der Waals surface area contributed by atoms with Crippen molar-refractivity contribution in [3.8, 4) is 0 Å². The average Bonchev–Trinajstić information content (AvgIpc) is 3.17. The molecule has 4 heterocycles. The first-order valence-corrected chi connectivity index (χ1v) is 10.7. The molecule has 0 aromatic heterocycles. The predicted octanol–water partition coefficient (Wildman–Crippen LogP) is 2.36. The molecule has 4 nitrogen and oxygen atoms in total. The van der Waals surface area contributed by atoms with Crippen molar-refractivity contribution in [2.24, 2.45) is 39.9 Å². The molecule has 9 fully saturated rings. The highest BCUT2D eigenvalue weighted by molar-refractivity contribution is 5.87. The van der Waals surface area contributed by atoms with Crippen LogP contribution in [0.3, 0.4) is 0 Å². The van der Waals surface area contributed by atoms with Gasteiger partial charge in [-0.2, -0.15) is 0 Å². The number of ketones is 1. The van der Waals surface area contributed by atoms with Gasteiger partial charge in [0.2, 0.25) is 0 Å². The number of hydrogen-bond donors (Lipinski definition) is 1. The zero-order valence-electron chi connectivity index (χ0n) is 15.8. The van der Waals surface area contributed by atoms with Crippen molar-refractivity contribution < 1.29 is 14.6 Å². The zero-order valence-corrected chi connectivity index (χ0v) is 15.8. The van der Waals surface area contributed by atoms with Crippen LogP contribution >= 0.6 is 0 Å². The quantitative estimate of drug-likeness (QED) is 0.734. The summed E-state index contributed by atoms with van der Waals surface area (Å²) in [5.74, 6) is 1.74. The first-order chi connectivity index (χ1) is 12.4. The largest absolute Gasteiger partial charge is 0.388 e. The summed E-state index contributed by atoms with van der Waals surface area (Å²) in [6, 6.07) is 0.506. The maximum Gasteiger partial charge on any atom is 0.140 e. The fourth-order valence-electron chi connectivity index (χ4n) is 10.3. The molecular formula is C22H29NO3. The van der Waals surface area contributed by atoms with E-state index in [-0.39, 0.29) is 28.4 Å². The van der Waals surface area contributed by atoms with Gasteiger partial charge in [-0.1, -0.05) is 20.4 Å². The Bertz CT molecular complexity index is 779. The molecule has 0 radical (unpaired) electrons. The van der Waals surface area contributed by atoms with Crippen molar-refractivity contribution >= 4 is 5.78 Å². The Kier molecular flexibility index (Phi) is 2.35. The van der Waals surface area contributed by atoms with Gasteiger partial charge in [0, 0.05) is 34.6 Å². The first kappa shape index (κ1) is 15.2. The van der Waals surface area contributed by atoms with E-state index in [1.165, 1.54) is 12.8 Å². The molecule has 5 saturated carbocycles. The Hall–Kier alpha value is -0.710. The minimum absolute atomic E-state index is 0.0853. The van der Waals surface area contributed by atoms with Crippen LogP contribution in [0.4, 0.5) is 0 Å². The maximum absolute atomic E-state index is 13.0. The highest BCUT2D eigenvalue weighted by Gasteiger charge is 2.88. The molecular weight excluding hydrogens is 326 g/mol. The van der Waals surface area contributed by atoms with E-state index in [1.54, 1.807) is 0 Å². The normalized spacial score (nSPS) is 66.7. The number of aliphatic hydroxyl groups is 1. The summed E-state index contributed by atoms with van der Waals surface area (Å²) in [5.41, 5.74) is 1.03. The molecule has 9 rings (SSSR count). The highest BCUT2D eigenvalue weighted by Crippen LogP contribution is 2.86. The number of aliphatic hydroxyl groups excluding tert-OH is 1. The minimum atomic E-state index is -0.487. The van der Waals surface area contributed by atoms with Crippen LogP contribution in [0.5, 0.6) is 0 Å². The van der Waals surface area contributed by atoms with E-state index in [2.05, 4.69) is 25.3 Å². The van der Waals surface area contributed by atoms with Crippen molar-refractivity contribution in [3.05, 3.63) is 12.2 Å². The van der Waals surface area contributed by atoms with Crippen LogP contribution in [0.2, 0.25) is 0 Å². The van der Waals surface area contributed by atoms with E-state index in [1.807, 2.05) is 0 Å².